The molecule has 4 heteroatoms. The smallest absolute Gasteiger partial charge is 0.258 e. The molecular weight excluding hydrogens is 286 g/mol. The largest absolute Gasteiger partial charge is 0.306 e. The van der Waals surface area contributed by atoms with Crippen LogP contribution in [0.2, 0.25) is 0 Å². The minimum atomic E-state index is 0.0883. The Hall–Kier alpha value is -1.39. The number of thioether (sulfide) groups is 2. The van der Waals surface area contributed by atoms with Gasteiger partial charge in [-0.3, -0.25) is 4.79 Å². The summed E-state index contributed by atoms with van der Waals surface area (Å²) in [7, 11) is 0. The van der Waals surface area contributed by atoms with E-state index in [1.807, 2.05) is 65.4 Å². The molecule has 0 fully saturated rings. The highest BCUT2D eigenvalue weighted by molar-refractivity contribution is 7.99. The van der Waals surface area contributed by atoms with Gasteiger partial charge < -0.3 is 4.90 Å². The van der Waals surface area contributed by atoms with E-state index >= 15 is 0 Å². The number of amides is 1. The van der Waals surface area contributed by atoms with Gasteiger partial charge in [-0.2, -0.15) is 0 Å². The SMILES string of the molecule is CSc1ccc(C(=O)N2CCSc3ccccc32)cc1. The van der Waals surface area contributed by atoms with E-state index in [2.05, 4.69) is 6.07 Å². The molecule has 0 spiro atoms. The Labute approximate surface area is 127 Å². The van der Waals surface area contributed by atoms with Crippen LogP contribution >= 0.6 is 23.5 Å². The van der Waals surface area contributed by atoms with Crippen LogP contribution in [0.4, 0.5) is 5.69 Å². The average Bonchev–Trinajstić information content (AvgIpc) is 2.54. The van der Waals surface area contributed by atoms with Gasteiger partial charge in [-0.05, 0) is 42.7 Å². The van der Waals surface area contributed by atoms with Gasteiger partial charge in [0, 0.05) is 27.7 Å². The molecule has 1 aliphatic heterocycles. The highest BCUT2D eigenvalue weighted by Gasteiger charge is 2.23. The molecular formula is C16H15NOS2. The lowest BCUT2D eigenvalue weighted by atomic mass is 10.1. The van der Waals surface area contributed by atoms with Crippen molar-refractivity contribution >= 4 is 35.1 Å². The fourth-order valence-electron chi connectivity index (χ4n) is 2.27. The maximum Gasteiger partial charge on any atom is 0.258 e. The molecule has 0 aromatic heterocycles. The third-order valence-corrected chi connectivity index (χ3v) is 5.10. The number of hydrogen-bond acceptors (Lipinski definition) is 3. The summed E-state index contributed by atoms with van der Waals surface area (Å²) in [6, 6.07) is 15.9. The van der Waals surface area contributed by atoms with Crippen LogP contribution < -0.4 is 4.90 Å². The number of anilines is 1. The van der Waals surface area contributed by atoms with Crippen LogP contribution in [0, 0.1) is 0 Å². The first kappa shape index (κ1) is 13.6. The molecule has 0 saturated heterocycles. The summed E-state index contributed by atoms with van der Waals surface area (Å²) in [4.78, 5) is 16.9. The summed E-state index contributed by atoms with van der Waals surface area (Å²) in [6.45, 7) is 0.769. The Morgan fingerprint density at radius 2 is 1.90 bits per heavy atom. The lowest BCUT2D eigenvalue weighted by Crippen LogP contribution is -2.35. The maximum atomic E-state index is 12.7. The van der Waals surface area contributed by atoms with E-state index in [0.717, 1.165) is 23.5 Å². The van der Waals surface area contributed by atoms with Crippen molar-refractivity contribution in [2.75, 3.05) is 23.5 Å². The number of fused-ring (bicyclic) bond motifs is 1. The highest BCUT2D eigenvalue weighted by Crippen LogP contribution is 2.35. The van der Waals surface area contributed by atoms with E-state index in [4.69, 9.17) is 0 Å². The van der Waals surface area contributed by atoms with E-state index in [1.54, 1.807) is 11.8 Å². The molecule has 2 nitrogen and oxygen atoms in total. The molecule has 0 atom stereocenters. The molecule has 1 heterocycles. The van der Waals surface area contributed by atoms with Gasteiger partial charge in [0.1, 0.15) is 0 Å². The monoisotopic (exact) mass is 301 g/mol. The molecule has 1 aliphatic rings. The van der Waals surface area contributed by atoms with Gasteiger partial charge in [0.2, 0.25) is 0 Å². The highest BCUT2D eigenvalue weighted by atomic mass is 32.2. The molecule has 0 bridgehead atoms. The molecule has 0 saturated carbocycles. The fraction of sp³-hybridized carbons (Fsp3) is 0.188. The van der Waals surface area contributed by atoms with E-state index in [-0.39, 0.29) is 5.91 Å². The van der Waals surface area contributed by atoms with E-state index in [9.17, 15) is 4.79 Å². The van der Waals surface area contributed by atoms with Crippen LogP contribution in [0.3, 0.4) is 0 Å². The van der Waals surface area contributed by atoms with Crippen LogP contribution in [0.1, 0.15) is 10.4 Å². The molecule has 2 aromatic carbocycles. The van der Waals surface area contributed by atoms with Gasteiger partial charge in [-0.15, -0.1) is 23.5 Å². The van der Waals surface area contributed by atoms with Gasteiger partial charge in [0.15, 0.2) is 0 Å². The van der Waals surface area contributed by atoms with Crippen molar-refractivity contribution in [1.29, 1.82) is 0 Å². The number of para-hydroxylation sites is 1. The maximum absolute atomic E-state index is 12.7. The Morgan fingerprint density at radius 1 is 1.15 bits per heavy atom. The van der Waals surface area contributed by atoms with Crippen LogP contribution in [0.25, 0.3) is 0 Å². The molecule has 0 radical (unpaired) electrons. The zero-order valence-corrected chi connectivity index (χ0v) is 12.8. The second-order valence-corrected chi connectivity index (χ2v) is 6.52. The predicted octanol–water partition coefficient (Wildman–Crippen LogP) is 4.16. The summed E-state index contributed by atoms with van der Waals surface area (Å²) >= 11 is 3.50. The summed E-state index contributed by atoms with van der Waals surface area (Å²) in [5, 5.41) is 0. The minimum Gasteiger partial charge on any atom is -0.306 e. The van der Waals surface area contributed by atoms with Gasteiger partial charge in [0.25, 0.3) is 5.91 Å². The number of rotatable bonds is 2. The zero-order valence-electron chi connectivity index (χ0n) is 11.2. The van der Waals surface area contributed by atoms with Gasteiger partial charge in [0.05, 0.1) is 5.69 Å². The number of carbonyl (C=O) groups is 1. The van der Waals surface area contributed by atoms with Crippen molar-refractivity contribution in [3.8, 4) is 0 Å². The van der Waals surface area contributed by atoms with Crippen molar-refractivity contribution < 1.29 is 4.79 Å². The molecule has 20 heavy (non-hydrogen) atoms. The second-order valence-electron chi connectivity index (χ2n) is 4.50. The lowest BCUT2D eigenvalue weighted by molar-refractivity contribution is 0.0987. The first-order valence-electron chi connectivity index (χ1n) is 6.47. The van der Waals surface area contributed by atoms with Crippen molar-refractivity contribution in [3.05, 3.63) is 54.1 Å². The van der Waals surface area contributed by atoms with Crippen LogP contribution in [0.5, 0.6) is 0 Å². The standard InChI is InChI=1S/C16H15NOS2/c1-19-13-8-6-12(7-9-13)16(18)17-10-11-20-15-5-3-2-4-14(15)17/h2-9H,10-11H2,1H3. The number of hydrogen-bond donors (Lipinski definition) is 0. The number of carbonyl (C=O) groups excluding carboxylic acids is 1. The topological polar surface area (TPSA) is 20.3 Å². The number of nitrogens with zero attached hydrogens (tertiary/aromatic N) is 1. The molecule has 102 valence electrons. The van der Waals surface area contributed by atoms with E-state index in [0.29, 0.717) is 0 Å². The zero-order chi connectivity index (χ0) is 13.9. The minimum absolute atomic E-state index is 0.0883. The summed E-state index contributed by atoms with van der Waals surface area (Å²) in [5.74, 6) is 1.04. The Kier molecular flexibility index (Phi) is 4.03. The van der Waals surface area contributed by atoms with E-state index in [1.165, 1.54) is 9.79 Å². The normalized spacial score (nSPS) is 13.9. The predicted molar refractivity (Wildman–Crippen MR) is 87.1 cm³/mol. The summed E-state index contributed by atoms with van der Waals surface area (Å²) < 4.78 is 0. The van der Waals surface area contributed by atoms with Crippen LogP contribution in [-0.4, -0.2) is 24.5 Å². The average molecular weight is 301 g/mol. The van der Waals surface area contributed by atoms with Gasteiger partial charge >= 0.3 is 0 Å². The first-order chi connectivity index (χ1) is 9.79. The number of benzene rings is 2. The van der Waals surface area contributed by atoms with Gasteiger partial charge in [-0.25, -0.2) is 0 Å². The van der Waals surface area contributed by atoms with Gasteiger partial charge in [-0.1, -0.05) is 12.1 Å². The fourth-order valence-corrected chi connectivity index (χ4v) is 3.67. The van der Waals surface area contributed by atoms with Crippen LogP contribution in [-0.2, 0) is 0 Å². The van der Waals surface area contributed by atoms with E-state index < -0.39 is 0 Å². The third-order valence-electron chi connectivity index (χ3n) is 3.31. The Balaban J connectivity index is 1.91. The third kappa shape index (κ3) is 2.58. The quantitative estimate of drug-likeness (QED) is 0.777. The summed E-state index contributed by atoms with van der Waals surface area (Å²) in [5.41, 5.74) is 1.78. The second kappa shape index (κ2) is 5.94. The van der Waals surface area contributed by atoms with Crippen molar-refractivity contribution in [1.82, 2.24) is 0 Å². The molecule has 0 unspecified atom stereocenters. The van der Waals surface area contributed by atoms with Crippen LogP contribution in [0.15, 0.2) is 58.3 Å². The molecule has 2 aromatic rings. The Morgan fingerprint density at radius 3 is 2.65 bits per heavy atom. The summed E-state index contributed by atoms with van der Waals surface area (Å²) in [6.07, 6.45) is 2.04. The molecule has 1 amide bonds. The molecule has 3 rings (SSSR count). The van der Waals surface area contributed by atoms with Crippen molar-refractivity contribution in [2.45, 2.75) is 9.79 Å². The molecule has 0 aliphatic carbocycles. The lowest BCUT2D eigenvalue weighted by Gasteiger charge is -2.29. The Bertz CT molecular complexity index is 625. The van der Waals surface area contributed by atoms with Crippen molar-refractivity contribution in [2.24, 2.45) is 0 Å². The van der Waals surface area contributed by atoms with Crippen molar-refractivity contribution in [3.63, 3.8) is 0 Å². The first-order valence-corrected chi connectivity index (χ1v) is 8.68. The molecule has 0 N–H and O–H groups in total.